The van der Waals surface area contributed by atoms with E-state index in [9.17, 15) is 4.79 Å². The van der Waals surface area contributed by atoms with Gasteiger partial charge in [0.05, 0.1) is 0 Å². The van der Waals surface area contributed by atoms with Crippen LogP contribution in [0.3, 0.4) is 0 Å². The number of hydrogen-bond acceptors (Lipinski definition) is 3. The van der Waals surface area contributed by atoms with Crippen molar-refractivity contribution < 1.29 is 4.79 Å². The number of rotatable bonds is 3. The van der Waals surface area contributed by atoms with Crippen LogP contribution in [0.15, 0.2) is 67.1 Å². The molecule has 0 bridgehead atoms. The zero-order valence-electron chi connectivity index (χ0n) is 14.6. The van der Waals surface area contributed by atoms with Crippen LogP contribution in [0.5, 0.6) is 0 Å². The van der Waals surface area contributed by atoms with Crippen molar-refractivity contribution in [2.75, 3.05) is 5.32 Å². The molecule has 0 aliphatic rings. The summed E-state index contributed by atoms with van der Waals surface area (Å²) < 4.78 is 1.56. The number of aromatic nitrogens is 3. The SMILES string of the molecule is Cc1cc(-c2ccc3cnccc3c2)ccc1NC(=O)c1ccnn1C. The summed E-state index contributed by atoms with van der Waals surface area (Å²) in [4.78, 5) is 16.5. The van der Waals surface area contributed by atoms with E-state index in [4.69, 9.17) is 0 Å². The molecule has 0 saturated heterocycles. The maximum atomic E-state index is 12.4. The number of benzene rings is 2. The van der Waals surface area contributed by atoms with E-state index in [1.54, 1.807) is 30.2 Å². The molecular formula is C21H18N4O. The normalized spacial score (nSPS) is 10.8. The first-order chi connectivity index (χ1) is 12.6. The molecule has 0 saturated carbocycles. The maximum absolute atomic E-state index is 12.4. The van der Waals surface area contributed by atoms with Gasteiger partial charge in [-0.1, -0.05) is 18.2 Å². The van der Waals surface area contributed by atoms with Crippen LogP contribution in [-0.4, -0.2) is 20.7 Å². The Balaban J connectivity index is 1.63. The molecule has 0 unspecified atom stereocenters. The largest absolute Gasteiger partial charge is 0.320 e. The smallest absolute Gasteiger partial charge is 0.273 e. The van der Waals surface area contributed by atoms with Crippen LogP contribution in [0.1, 0.15) is 16.1 Å². The van der Waals surface area contributed by atoms with Crippen molar-refractivity contribution in [3.63, 3.8) is 0 Å². The summed E-state index contributed by atoms with van der Waals surface area (Å²) in [6, 6.07) is 16.1. The van der Waals surface area contributed by atoms with Gasteiger partial charge in [0.2, 0.25) is 0 Å². The molecule has 0 fully saturated rings. The molecule has 0 aliphatic carbocycles. The van der Waals surface area contributed by atoms with Crippen molar-refractivity contribution in [3.8, 4) is 11.1 Å². The molecule has 0 radical (unpaired) electrons. The molecule has 0 atom stereocenters. The number of carbonyl (C=O) groups excluding carboxylic acids is 1. The van der Waals surface area contributed by atoms with Gasteiger partial charge in [0.25, 0.3) is 5.91 Å². The molecule has 4 aromatic rings. The molecule has 4 rings (SSSR count). The van der Waals surface area contributed by atoms with E-state index >= 15 is 0 Å². The standard InChI is InChI=1S/C21H18N4O/c1-14-11-15(16-3-4-18-13-22-9-7-17(18)12-16)5-6-19(14)24-21(26)20-8-10-23-25(20)2/h3-13H,1-2H3,(H,24,26). The van der Waals surface area contributed by atoms with Crippen molar-refractivity contribution in [1.29, 1.82) is 0 Å². The second-order valence-electron chi connectivity index (χ2n) is 6.26. The highest BCUT2D eigenvalue weighted by molar-refractivity contribution is 6.03. The average molecular weight is 342 g/mol. The molecule has 2 heterocycles. The summed E-state index contributed by atoms with van der Waals surface area (Å²) in [5.41, 5.74) is 4.57. The van der Waals surface area contributed by atoms with E-state index in [1.807, 2.05) is 31.3 Å². The first-order valence-electron chi connectivity index (χ1n) is 8.36. The number of carbonyl (C=O) groups is 1. The van der Waals surface area contributed by atoms with Gasteiger partial charge < -0.3 is 5.32 Å². The Morgan fingerprint density at radius 1 is 0.962 bits per heavy atom. The molecule has 26 heavy (non-hydrogen) atoms. The van der Waals surface area contributed by atoms with Crippen LogP contribution in [-0.2, 0) is 7.05 Å². The molecule has 5 nitrogen and oxygen atoms in total. The summed E-state index contributed by atoms with van der Waals surface area (Å²) in [6.45, 7) is 1.99. The molecule has 128 valence electrons. The fourth-order valence-corrected chi connectivity index (χ4v) is 3.03. The fourth-order valence-electron chi connectivity index (χ4n) is 3.03. The highest BCUT2D eigenvalue weighted by atomic mass is 16.2. The van der Waals surface area contributed by atoms with Gasteiger partial charge in [0.1, 0.15) is 5.69 Å². The van der Waals surface area contributed by atoms with Crippen molar-refractivity contribution >= 4 is 22.4 Å². The topological polar surface area (TPSA) is 59.8 Å². The lowest BCUT2D eigenvalue weighted by Gasteiger charge is -2.11. The molecule has 0 spiro atoms. The number of aryl methyl sites for hydroxylation is 2. The van der Waals surface area contributed by atoms with Crippen LogP contribution < -0.4 is 5.32 Å². The van der Waals surface area contributed by atoms with Gasteiger partial charge in [-0.15, -0.1) is 0 Å². The molecule has 2 aromatic heterocycles. The second kappa shape index (κ2) is 6.44. The van der Waals surface area contributed by atoms with Crippen molar-refractivity contribution in [3.05, 3.63) is 78.4 Å². The van der Waals surface area contributed by atoms with E-state index in [1.165, 1.54) is 0 Å². The average Bonchev–Trinajstić information content (AvgIpc) is 3.09. The first kappa shape index (κ1) is 16.0. The number of anilines is 1. The Kier molecular flexibility index (Phi) is 3.97. The van der Waals surface area contributed by atoms with Gasteiger partial charge in [-0.2, -0.15) is 5.10 Å². The Morgan fingerprint density at radius 3 is 2.54 bits per heavy atom. The highest BCUT2D eigenvalue weighted by Crippen LogP contribution is 2.27. The maximum Gasteiger partial charge on any atom is 0.273 e. The van der Waals surface area contributed by atoms with Crippen molar-refractivity contribution in [1.82, 2.24) is 14.8 Å². The number of amides is 1. The van der Waals surface area contributed by atoms with E-state index in [0.29, 0.717) is 5.69 Å². The summed E-state index contributed by atoms with van der Waals surface area (Å²) in [7, 11) is 1.75. The van der Waals surface area contributed by atoms with Gasteiger partial charge in [-0.3, -0.25) is 14.5 Å². The van der Waals surface area contributed by atoms with Crippen LogP contribution in [0, 0.1) is 6.92 Å². The number of fused-ring (bicyclic) bond motifs is 1. The highest BCUT2D eigenvalue weighted by Gasteiger charge is 2.12. The van der Waals surface area contributed by atoms with Gasteiger partial charge >= 0.3 is 0 Å². The summed E-state index contributed by atoms with van der Waals surface area (Å²) in [5.74, 6) is -0.168. The minimum Gasteiger partial charge on any atom is -0.320 e. The summed E-state index contributed by atoms with van der Waals surface area (Å²) in [5, 5.41) is 9.26. The lowest BCUT2D eigenvalue weighted by molar-refractivity contribution is 0.101. The van der Waals surface area contributed by atoms with Gasteiger partial charge in [-0.25, -0.2) is 0 Å². The third-order valence-electron chi connectivity index (χ3n) is 4.50. The number of nitrogens with zero attached hydrogens (tertiary/aromatic N) is 3. The van der Waals surface area contributed by atoms with Crippen LogP contribution in [0.2, 0.25) is 0 Å². The third-order valence-corrected chi connectivity index (χ3v) is 4.50. The predicted octanol–water partition coefficient (Wildman–Crippen LogP) is 4.20. The predicted molar refractivity (Wildman–Crippen MR) is 103 cm³/mol. The Morgan fingerprint density at radius 2 is 1.77 bits per heavy atom. The number of pyridine rings is 1. The second-order valence-corrected chi connectivity index (χ2v) is 6.26. The van der Waals surface area contributed by atoms with Crippen molar-refractivity contribution in [2.45, 2.75) is 6.92 Å². The fraction of sp³-hybridized carbons (Fsp3) is 0.0952. The molecule has 1 amide bonds. The minimum absolute atomic E-state index is 0.168. The number of nitrogens with one attached hydrogen (secondary N) is 1. The first-order valence-corrected chi connectivity index (χ1v) is 8.36. The number of hydrogen-bond donors (Lipinski definition) is 1. The lowest BCUT2D eigenvalue weighted by atomic mass is 10.00. The van der Waals surface area contributed by atoms with Gasteiger partial charge in [-0.05, 0) is 59.3 Å². The Hall–Kier alpha value is -3.47. The van der Waals surface area contributed by atoms with Crippen molar-refractivity contribution in [2.24, 2.45) is 7.05 Å². The zero-order chi connectivity index (χ0) is 18.1. The zero-order valence-corrected chi connectivity index (χ0v) is 14.6. The Bertz CT molecular complexity index is 1110. The monoisotopic (exact) mass is 342 g/mol. The third kappa shape index (κ3) is 2.95. The van der Waals surface area contributed by atoms with Gasteiger partial charge in [0, 0.05) is 36.7 Å². The van der Waals surface area contributed by atoms with Gasteiger partial charge in [0.15, 0.2) is 0 Å². The lowest BCUT2D eigenvalue weighted by Crippen LogP contribution is -2.16. The molecule has 5 heteroatoms. The quantitative estimate of drug-likeness (QED) is 0.607. The van der Waals surface area contributed by atoms with Crippen LogP contribution >= 0.6 is 0 Å². The molecule has 2 aromatic carbocycles. The van der Waals surface area contributed by atoms with Crippen LogP contribution in [0.4, 0.5) is 5.69 Å². The summed E-state index contributed by atoms with van der Waals surface area (Å²) in [6.07, 6.45) is 5.27. The molecule has 0 aliphatic heterocycles. The van der Waals surface area contributed by atoms with E-state index in [2.05, 4.69) is 39.7 Å². The summed E-state index contributed by atoms with van der Waals surface area (Å²) >= 11 is 0. The molecular weight excluding hydrogens is 324 g/mol. The van der Waals surface area contributed by atoms with E-state index in [0.717, 1.165) is 33.2 Å². The van der Waals surface area contributed by atoms with E-state index in [-0.39, 0.29) is 5.91 Å². The minimum atomic E-state index is -0.168. The van der Waals surface area contributed by atoms with E-state index < -0.39 is 0 Å². The van der Waals surface area contributed by atoms with Crippen LogP contribution in [0.25, 0.3) is 21.9 Å². The Labute approximate surface area is 151 Å². The molecule has 1 N–H and O–H groups in total.